The van der Waals surface area contributed by atoms with E-state index in [0.29, 0.717) is 13.2 Å². The van der Waals surface area contributed by atoms with E-state index < -0.39 is 33.8 Å². The summed E-state index contributed by atoms with van der Waals surface area (Å²) < 4.78 is 30.4. The van der Waals surface area contributed by atoms with Gasteiger partial charge in [0.2, 0.25) is 0 Å². The first-order valence-corrected chi connectivity index (χ1v) is 21.3. The molecule has 0 rings (SSSR count). The topological polar surface area (TPSA) is 46.2 Å². The third kappa shape index (κ3) is 13.5. The molecule has 25 heavy (non-hydrogen) atoms. The van der Waals surface area contributed by atoms with Crippen molar-refractivity contribution in [2.24, 2.45) is 0 Å². The summed E-state index contributed by atoms with van der Waals surface area (Å²) in [5.74, 6) is 0. The first-order valence-electron chi connectivity index (χ1n) is 9.41. The Bertz CT molecular complexity index is 374. The maximum Gasteiger partial charge on any atom is 0.315 e. The van der Waals surface area contributed by atoms with Crippen molar-refractivity contribution in [3.8, 4) is 0 Å². The van der Waals surface area contributed by atoms with Crippen LogP contribution in [0.3, 0.4) is 0 Å². The van der Waals surface area contributed by atoms with Crippen LogP contribution >= 0.6 is 0 Å². The molecule has 0 spiro atoms. The van der Waals surface area contributed by atoms with E-state index in [1.807, 2.05) is 0 Å². The minimum absolute atomic E-state index is 0.640. The summed E-state index contributed by atoms with van der Waals surface area (Å²) in [6.45, 7) is 22.0. The van der Waals surface area contributed by atoms with Crippen LogP contribution in [-0.4, -0.2) is 60.7 Å². The van der Waals surface area contributed by atoms with Crippen molar-refractivity contribution < 1.29 is 21.8 Å². The Balaban J connectivity index is 4.84. The second-order valence-corrected chi connectivity index (χ2v) is 25.2. The van der Waals surface area contributed by atoms with Crippen LogP contribution in [0.15, 0.2) is 0 Å². The van der Waals surface area contributed by atoms with Gasteiger partial charge < -0.3 is 21.8 Å². The van der Waals surface area contributed by atoms with Gasteiger partial charge in [-0.05, 0) is 70.9 Å². The van der Waals surface area contributed by atoms with Gasteiger partial charge in [0.1, 0.15) is 0 Å². The molecule has 0 saturated heterocycles. The summed E-state index contributed by atoms with van der Waals surface area (Å²) in [6.07, 6.45) is 0.954. The molecule has 0 aromatic rings. The van der Waals surface area contributed by atoms with Crippen LogP contribution in [0.1, 0.15) is 13.3 Å². The van der Waals surface area contributed by atoms with E-state index >= 15 is 0 Å². The number of hydrogen-bond donors (Lipinski definition) is 0. The molecule has 1 unspecified atom stereocenters. The van der Waals surface area contributed by atoms with Crippen LogP contribution in [0.2, 0.25) is 64.5 Å². The van der Waals surface area contributed by atoms with Crippen molar-refractivity contribution in [1.82, 2.24) is 0 Å². The lowest BCUT2D eigenvalue weighted by atomic mass is 10.5. The molecule has 0 bridgehead atoms. The average Bonchev–Trinajstić information content (AvgIpc) is 2.38. The Kier molecular flexibility index (Phi) is 11.2. The third-order valence-electron chi connectivity index (χ3n) is 3.71. The Morgan fingerprint density at radius 1 is 0.720 bits per heavy atom. The van der Waals surface area contributed by atoms with E-state index in [-0.39, 0.29) is 0 Å². The van der Waals surface area contributed by atoms with Crippen LogP contribution in [0.4, 0.5) is 0 Å². The average molecular weight is 427 g/mol. The van der Waals surface area contributed by atoms with E-state index in [1.165, 1.54) is 0 Å². The highest BCUT2D eigenvalue weighted by Crippen LogP contribution is 2.28. The van der Waals surface area contributed by atoms with E-state index in [4.69, 9.17) is 21.8 Å². The fourth-order valence-electron chi connectivity index (χ4n) is 2.79. The molecular weight excluding hydrogens is 385 g/mol. The van der Waals surface area contributed by atoms with Crippen LogP contribution in [0.25, 0.3) is 0 Å². The molecule has 0 radical (unpaired) electrons. The normalized spacial score (nSPS) is 16.1. The zero-order valence-electron chi connectivity index (χ0n) is 18.3. The molecule has 0 heterocycles. The second-order valence-electron chi connectivity index (χ2n) is 8.77. The summed E-state index contributed by atoms with van der Waals surface area (Å²) in [6, 6.07) is 2.05. The second kappa shape index (κ2) is 10.9. The zero-order valence-corrected chi connectivity index (χ0v) is 22.3. The summed E-state index contributed by atoms with van der Waals surface area (Å²) >= 11 is 0. The van der Waals surface area contributed by atoms with Crippen molar-refractivity contribution in [2.75, 3.05) is 26.9 Å². The highest BCUT2D eigenvalue weighted by molar-refractivity contribution is 6.89. The lowest BCUT2D eigenvalue weighted by Crippen LogP contribution is -2.57. The Hall–Kier alpha value is 0.668. The molecule has 0 aliphatic rings. The minimum atomic E-state index is -2.29. The molecule has 0 fully saturated rings. The first kappa shape index (κ1) is 25.7. The largest absolute Gasteiger partial charge is 0.437 e. The fourth-order valence-corrected chi connectivity index (χ4v) is 20.7. The first-order chi connectivity index (χ1) is 11.2. The van der Waals surface area contributed by atoms with Crippen molar-refractivity contribution in [1.29, 1.82) is 0 Å². The van der Waals surface area contributed by atoms with E-state index in [0.717, 1.165) is 25.1 Å². The minimum Gasteiger partial charge on any atom is -0.437 e. The summed E-state index contributed by atoms with van der Waals surface area (Å²) in [5.41, 5.74) is 0. The molecule has 9 heteroatoms. The number of ether oxygens (including phenoxy) is 2. The molecule has 0 aliphatic carbocycles. The summed E-state index contributed by atoms with van der Waals surface area (Å²) in [7, 11) is -6.15. The van der Waals surface area contributed by atoms with Crippen LogP contribution in [-0.2, 0) is 21.8 Å². The van der Waals surface area contributed by atoms with E-state index in [2.05, 4.69) is 59.3 Å². The number of methoxy groups -OCH3 is 1. The molecule has 152 valence electrons. The Labute approximate surface area is 160 Å². The monoisotopic (exact) mass is 426 g/mol. The standard InChI is InChI=1S/C16H42O5Si4/c1-11-23(6,7)20-24(8,9)21-25(10,19-22(3,4)5)16-12-13-18-15-14-17-2/h11-16H2,1-10H3. The van der Waals surface area contributed by atoms with E-state index in [1.54, 1.807) is 7.11 Å². The molecule has 5 nitrogen and oxygen atoms in total. The van der Waals surface area contributed by atoms with Gasteiger partial charge in [0.05, 0.1) is 13.2 Å². The van der Waals surface area contributed by atoms with Crippen molar-refractivity contribution in [3.63, 3.8) is 0 Å². The van der Waals surface area contributed by atoms with Crippen LogP contribution in [0.5, 0.6) is 0 Å². The molecule has 0 aliphatic heterocycles. The molecule has 0 aromatic heterocycles. The Morgan fingerprint density at radius 3 is 1.80 bits per heavy atom. The van der Waals surface area contributed by atoms with Gasteiger partial charge in [0.25, 0.3) is 0 Å². The van der Waals surface area contributed by atoms with Gasteiger partial charge in [0.15, 0.2) is 16.6 Å². The van der Waals surface area contributed by atoms with Gasteiger partial charge in [-0.25, -0.2) is 0 Å². The molecular formula is C16H42O5Si4. The predicted octanol–water partition coefficient (Wildman–Crippen LogP) is 4.92. The zero-order chi connectivity index (χ0) is 19.8. The van der Waals surface area contributed by atoms with E-state index in [9.17, 15) is 0 Å². The van der Waals surface area contributed by atoms with Crippen molar-refractivity contribution in [3.05, 3.63) is 0 Å². The fraction of sp³-hybridized carbons (Fsp3) is 1.00. The summed E-state index contributed by atoms with van der Waals surface area (Å²) in [5, 5.41) is 0. The molecule has 0 N–H and O–H groups in total. The van der Waals surface area contributed by atoms with Gasteiger partial charge in [0, 0.05) is 13.7 Å². The maximum atomic E-state index is 6.69. The lowest BCUT2D eigenvalue weighted by Gasteiger charge is -2.41. The van der Waals surface area contributed by atoms with Crippen LogP contribution in [0, 0.1) is 0 Å². The highest BCUT2D eigenvalue weighted by atomic mass is 28.5. The maximum absolute atomic E-state index is 6.69. The number of hydrogen-bond acceptors (Lipinski definition) is 5. The smallest absolute Gasteiger partial charge is 0.315 e. The van der Waals surface area contributed by atoms with Gasteiger partial charge in [-0.3, -0.25) is 0 Å². The molecule has 0 aromatic carbocycles. The molecule has 0 amide bonds. The predicted molar refractivity (Wildman–Crippen MR) is 116 cm³/mol. The molecule has 0 saturated carbocycles. The Morgan fingerprint density at radius 2 is 1.32 bits per heavy atom. The van der Waals surface area contributed by atoms with Crippen molar-refractivity contribution in [2.45, 2.75) is 77.8 Å². The third-order valence-corrected chi connectivity index (χ3v) is 18.7. The SMILES string of the molecule is CC[Si](C)(C)O[Si](C)(C)O[Si](C)(CCCOCCOC)O[Si](C)(C)C. The van der Waals surface area contributed by atoms with Crippen LogP contribution < -0.4 is 0 Å². The highest BCUT2D eigenvalue weighted by Gasteiger charge is 2.44. The quantitative estimate of drug-likeness (QED) is 0.291. The summed E-state index contributed by atoms with van der Waals surface area (Å²) in [4.78, 5) is 0. The van der Waals surface area contributed by atoms with Gasteiger partial charge in [-0.1, -0.05) is 6.92 Å². The van der Waals surface area contributed by atoms with Gasteiger partial charge in [-0.15, -0.1) is 0 Å². The lowest BCUT2D eigenvalue weighted by molar-refractivity contribution is 0.0703. The van der Waals surface area contributed by atoms with Gasteiger partial charge in [-0.2, -0.15) is 0 Å². The van der Waals surface area contributed by atoms with Crippen molar-refractivity contribution >= 4 is 33.8 Å². The molecule has 1 atom stereocenters. The van der Waals surface area contributed by atoms with Gasteiger partial charge >= 0.3 is 17.1 Å². The number of rotatable bonds is 14.